The van der Waals surface area contributed by atoms with Crippen molar-refractivity contribution in [3.05, 3.63) is 88.6 Å². The summed E-state index contributed by atoms with van der Waals surface area (Å²) < 4.78 is 0. The van der Waals surface area contributed by atoms with Gasteiger partial charge in [0.2, 0.25) is 0 Å². The normalized spacial score (nSPS) is 15.7. The minimum Gasteiger partial charge on any atom is -0.353 e. The minimum atomic E-state index is 0.198. The number of thiophene rings is 1. The van der Waals surface area contributed by atoms with E-state index < -0.39 is 0 Å². The Hall–Kier alpha value is -4.27. The summed E-state index contributed by atoms with van der Waals surface area (Å²) in [4.78, 5) is 17.3. The van der Waals surface area contributed by atoms with Gasteiger partial charge < -0.3 is 15.6 Å². The fourth-order valence-electron chi connectivity index (χ4n) is 4.56. The molecule has 5 rings (SSSR count). The molecule has 0 amide bonds. The van der Waals surface area contributed by atoms with Crippen molar-refractivity contribution in [2.24, 2.45) is 10.7 Å². The first-order valence-corrected chi connectivity index (χ1v) is 13.6. The fraction of sp³-hybridized carbons (Fsp3) is 0.194. The lowest BCUT2D eigenvalue weighted by Crippen LogP contribution is -2.57. The molecule has 7 nitrogen and oxygen atoms in total. The van der Waals surface area contributed by atoms with Crippen LogP contribution in [0.2, 0.25) is 0 Å². The summed E-state index contributed by atoms with van der Waals surface area (Å²) in [6, 6.07) is 8.59. The Morgan fingerprint density at radius 3 is 2.72 bits per heavy atom. The van der Waals surface area contributed by atoms with Crippen LogP contribution in [-0.4, -0.2) is 50.0 Å². The van der Waals surface area contributed by atoms with E-state index in [1.165, 1.54) is 9.75 Å². The number of hydrogen-bond acceptors (Lipinski definition) is 5. The van der Waals surface area contributed by atoms with E-state index in [0.717, 1.165) is 74.3 Å². The van der Waals surface area contributed by atoms with Crippen molar-refractivity contribution in [3.8, 4) is 21.8 Å². The van der Waals surface area contributed by atoms with Gasteiger partial charge in [-0.25, -0.2) is 9.98 Å². The van der Waals surface area contributed by atoms with Crippen molar-refractivity contribution in [2.75, 3.05) is 13.1 Å². The van der Waals surface area contributed by atoms with E-state index in [0.29, 0.717) is 0 Å². The van der Waals surface area contributed by atoms with E-state index in [1.54, 1.807) is 17.4 Å². The molecular formula is C31H33N7S. The predicted octanol–water partition coefficient (Wildman–Crippen LogP) is 4.98. The number of nitrogens with one attached hydrogen (secondary N) is 2. The summed E-state index contributed by atoms with van der Waals surface area (Å²) in [5.74, 6) is 0.837. The average Bonchev–Trinajstić information content (AvgIpc) is 3.64. The van der Waals surface area contributed by atoms with Crippen LogP contribution in [0.15, 0.2) is 78.1 Å². The summed E-state index contributed by atoms with van der Waals surface area (Å²) >= 11 is 1.73. The Morgan fingerprint density at radius 2 is 2.05 bits per heavy atom. The number of aromatic nitrogens is 4. The van der Waals surface area contributed by atoms with Crippen molar-refractivity contribution in [1.82, 2.24) is 25.1 Å². The molecule has 0 saturated carbocycles. The van der Waals surface area contributed by atoms with Crippen LogP contribution in [0.4, 0.5) is 0 Å². The Kier molecular flexibility index (Phi) is 7.32. The van der Waals surface area contributed by atoms with E-state index in [9.17, 15) is 0 Å². The maximum atomic E-state index is 5.94. The molecule has 1 saturated heterocycles. The topological polar surface area (TPSA) is 99.0 Å². The van der Waals surface area contributed by atoms with Crippen molar-refractivity contribution < 1.29 is 0 Å². The number of aromatic amines is 2. The van der Waals surface area contributed by atoms with Gasteiger partial charge in [-0.15, -0.1) is 11.3 Å². The lowest BCUT2D eigenvalue weighted by Gasteiger charge is -2.38. The number of allylic oxidation sites excluding steroid dienone is 4. The highest BCUT2D eigenvalue weighted by atomic mass is 32.1. The SMILES string of the molecule is C=CC(=NC(=C\C)/C(C)=C/C=c1/[nH]nc(-c2cc3c(-c4ccc(C(=C)C)s4)ccnc3[nH]2)c1=C)N1CC(N)C1. The third-order valence-electron chi connectivity index (χ3n) is 6.81. The summed E-state index contributed by atoms with van der Waals surface area (Å²) in [5.41, 5.74) is 12.5. The Labute approximate surface area is 232 Å². The second kappa shape index (κ2) is 10.8. The van der Waals surface area contributed by atoms with Crippen molar-refractivity contribution in [3.63, 3.8) is 0 Å². The molecule has 0 atom stereocenters. The zero-order valence-electron chi connectivity index (χ0n) is 22.6. The molecule has 0 radical (unpaired) electrons. The van der Waals surface area contributed by atoms with Gasteiger partial charge >= 0.3 is 0 Å². The molecule has 0 bridgehead atoms. The van der Waals surface area contributed by atoms with E-state index in [2.05, 4.69) is 63.0 Å². The molecule has 4 aromatic heterocycles. The minimum absolute atomic E-state index is 0.198. The molecule has 0 aromatic carbocycles. The molecule has 4 N–H and O–H groups in total. The molecule has 1 aliphatic rings. The molecular weight excluding hydrogens is 502 g/mol. The number of aliphatic imine (C=N–C) groups is 1. The molecule has 5 heterocycles. The lowest BCUT2D eigenvalue weighted by molar-refractivity contribution is 0.255. The van der Waals surface area contributed by atoms with Crippen LogP contribution in [0.5, 0.6) is 0 Å². The summed E-state index contributed by atoms with van der Waals surface area (Å²) in [6.07, 6.45) is 9.61. The number of likely N-dealkylation sites (tertiary alicyclic amines) is 1. The number of fused-ring (bicyclic) bond motifs is 1. The molecule has 8 heteroatoms. The second-order valence-corrected chi connectivity index (χ2v) is 10.8. The van der Waals surface area contributed by atoms with Crippen molar-refractivity contribution in [1.29, 1.82) is 0 Å². The number of H-pyrrole nitrogens is 2. The highest BCUT2D eigenvalue weighted by molar-refractivity contribution is 7.16. The molecule has 0 aliphatic carbocycles. The molecule has 4 aromatic rings. The van der Waals surface area contributed by atoms with Gasteiger partial charge in [-0.2, -0.15) is 5.10 Å². The lowest BCUT2D eigenvalue weighted by atomic mass is 10.1. The zero-order chi connectivity index (χ0) is 27.7. The van der Waals surface area contributed by atoms with E-state index >= 15 is 0 Å². The highest BCUT2D eigenvalue weighted by Crippen LogP contribution is 2.36. The van der Waals surface area contributed by atoms with Gasteiger partial charge in [0.25, 0.3) is 0 Å². The van der Waals surface area contributed by atoms with Crippen LogP contribution in [0.25, 0.3) is 51.1 Å². The van der Waals surface area contributed by atoms with Crippen LogP contribution in [0.3, 0.4) is 0 Å². The monoisotopic (exact) mass is 535 g/mol. The smallest absolute Gasteiger partial charge is 0.138 e. The third kappa shape index (κ3) is 5.21. The van der Waals surface area contributed by atoms with Crippen LogP contribution in [0.1, 0.15) is 25.6 Å². The van der Waals surface area contributed by atoms with Gasteiger partial charge in [0, 0.05) is 51.3 Å². The summed E-state index contributed by atoms with van der Waals surface area (Å²) in [5, 5.41) is 10.4. The zero-order valence-corrected chi connectivity index (χ0v) is 23.4. The molecule has 0 spiro atoms. The van der Waals surface area contributed by atoms with Crippen LogP contribution in [0, 0.1) is 0 Å². The standard InChI is InChI=1S/C31H33N7S/c1-7-24(34-29(8-2)38-16-21(32)17-38)19(5)9-10-25-20(6)30(37-36-25)26-15-23-22(13-14-33-31(23)35-26)28-12-11-27(39-28)18(3)4/h7-15,21,36H,2-3,6,16-17,32H2,1,4-5H3,(H,33,35)/b19-9+,24-7-,25-10+,34-29?. The van der Waals surface area contributed by atoms with E-state index in [4.69, 9.17) is 10.7 Å². The summed E-state index contributed by atoms with van der Waals surface area (Å²) in [6.45, 7) is 19.9. The van der Waals surface area contributed by atoms with Gasteiger partial charge in [-0.3, -0.25) is 5.10 Å². The number of nitrogens with zero attached hydrogens (tertiary/aromatic N) is 4. The third-order valence-corrected chi connectivity index (χ3v) is 8.09. The van der Waals surface area contributed by atoms with Gasteiger partial charge in [0.1, 0.15) is 17.2 Å². The Bertz CT molecular complexity index is 1770. The fourth-order valence-corrected chi connectivity index (χ4v) is 5.53. The number of nitrogens with two attached hydrogens (primary N) is 1. The highest BCUT2D eigenvalue weighted by Gasteiger charge is 2.24. The maximum absolute atomic E-state index is 5.94. The van der Waals surface area contributed by atoms with Crippen molar-refractivity contribution >= 4 is 46.4 Å². The van der Waals surface area contributed by atoms with Crippen LogP contribution < -0.4 is 16.3 Å². The largest absolute Gasteiger partial charge is 0.353 e. The number of amidine groups is 1. The van der Waals surface area contributed by atoms with E-state index in [-0.39, 0.29) is 6.04 Å². The Balaban J connectivity index is 1.45. The van der Waals surface area contributed by atoms with Gasteiger partial charge in [-0.1, -0.05) is 31.9 Å². The average molecular weight is 536 g/mol. The molecule has 1 fully saturated rings. The second-order valence-electron chi connectivity index (χ2n) is 9.74. The number of hydrogen-bond donors (Lipinski definition) is 3. The predicted molar refractivity (Wildman–Crippen MR) is 166 cm³/mol. The van der Waals surface area contributed by atoms with Gasteiger partial charge in [0.15, 0.2) is 0 Å². The first-order chi connectivity index (χ1) is 18.8. The molecule has 198 valence electrons. The maximum Gasteiger partial charge on any atom is 0.138 e. The first-order valence-electron chi connectivity index (χ1n) is 12.8. The van der Waals surface area contributed by atoms with Crippen LogP contribution in [-0.2, 0) is 0 Å². The first kappa shape index (κ1) is 26.3. The quantitative estimate of drug-likeness (QED) is 0.177. The number of rotatable bonds is 7. The summed E-state index contributed by atoms with van der Waals surface area (Å²) in [7, 11) is 0. The molecule has 1 aliphatic heterocycles. The van der Waals surface area contributed by atoms with Crippen molar-refractivity contribution in [2.45, 2.75) is 26.8 Å². The van der Waals surface area contributed by atoms with E-state index in [1.807, 2.05) is 51.3 Å². The van der Waals surface area contributed by atoms with Crippen LogP contribution >= 0.6 is 11.3 Å². The molecule has 39 heavy (non-hydrogen) atoms. The van der Waals surface area contributed by atoms with Gasteiger partial charge in [-0.05, 0) is 68.3 Å². The van der Waals surface area contributed by atoms with Gasteiger partial charge in [0.05, 0.1) is 16.7 Å². The number of pyridine rings is 1. The molecule has 0 unspecified atom stereocenters. The Morgan fingerprint density at radius 1 is 1.26 bits per heavy atom.